The van der Waals surface area contributed by atoms with Crippen molar-refractivity contribution in [3.05, 3.63) is 57.9 Å². The molecule has 2 N–H and O–H groups in total. The van der Waals surface area contributed by atoms with Crippen LogP contribution < -0.4 is 10.6 Å². The molecule has 1 amide bonds. The Bertz CT molecular complexity index is 1330. The molecule has 6 nitrogen and oxygen atoms in total. The van der Waals surface area contributed by atoms with Crippen LogP contribution in [0.2, 0.25) is 0 Å². The van der Waals surface area contributed by atoms with Gasteiger partial charge in [0.2, 0.25) is 0 Å². The van der Waals surface area contributed by atoms with Crippen LogP contribution in [0.25, 0.3) is 21.1 Å². The number of anilines is 1. The lowest BCUT2D eigenvalue weighted by Gasteiger charge is -2.06. The van der Waals surface area contributed by atoms with E-state index in [9.17, 15) is 14.0 Å². The first-order valence-corrected chi connectivity index (χ1v) is 11.1. The van der Waals surface area contributed by atoms with Gasteiger partial charge in [-0.3, -0.25) is 14.9 Å². The van der Waals surface area contributed by atoms with E-state index in [2.05, 4.69) is 36.1 Å². The molecular weight excluding hydrogens is 471 g/mol. The number of benzene rings is 2. The number of halogens is 2. The minimum atomic E-state index is -0.748. The van der Waals surface area contributed by atoms with E-state index in [0.29, 0.717) is 26.7 Å². The first-order valence-electron chi connectivity index (χ1n) is 9.45. The van der Waals surface area contributed by atoms with Gasteiger partial charge in [-0.05, 0) is 34.1 Å². The molecule has 1 aliphatic rings. The van der Waals surface area contributed by atoms with Gasteiger partial charge in [-0.1, -0.05) is 29.5 Å². The summed E-state index contributed by atoms with van der Waals surface area (Å²) in [6.07, 6.45) is 0.663. The second-order valence-corrected chi connectivity index (χ2v) is 8.79. The molecule has 0 atom stereocenters. The van der Waals surface area contributed by atoms with Gasteiger partial charge in [0.05, 0.1) is 20.3 Å². The van der Waals surface area contributed by atoms with Crippen LogP contribution in [0.5, 0.6) is 0 Å². The third kappa shape index (κ3) is 3.13. The standard InChI is InChI=1S/C21H16BrFN4O2S/c22-17-12(23)5-6-13-19(17)30-21(25-13)26-20(29)18(28)16-11-3-1-2-4-14(11)27-10-9-24-8-7-15(16)27/h1-6,24H,7-10H2,(H,25,26,29). The van der Waals surface area contributed by atoms with Gasteiger partial charge in [0.1, 0.15) is 5.82 Å². The first-order chi connectivity index (χ1) is 14.5. The van der Waals surface area contributed by atoms with Crippen LogP contribution in [0, 0.1) is 5.82 Å². The van der Waals surface area contributed by atoms with Crippen LogP contribution in [-0.4, -0.2) is 34.3 Å². The molecule has 0 fully saturated rings. The van der Waals surface area contributed by atoms with E-state index in [-0.39, 0.29) is 5.13 Å². The molecule has 152 valence electrons. The van der Waals surface area contributed by atoms with Crippen LogP contribution in [0.1, 0.15) is 16.1 Å². The average molecular weight is 487 g/mol. The molecule has 0 saturated carbocycles. The molecule has 0 unspecified atom stereocenters. The Morgan fingerprint density at radius 1 is 1.20 bits per heavy atom. The number of carbonyl (C=O) groups excluding carboxylic acids is 2. The Labute approximate surface area is 183 Å². The number of rotatable bonds is 3. The van der Waals surface area contributed by atoms with Crippen molar-refractivity contribution in [1.82, 2.24) is 14.9 Å². The molecule has 2 aromatic heterocycles. The summed E-state index contributed by atoms with van der Waals surface area (Å²) in [5.41, 5.74) is 2.81. The first kappa shape index (κ1) is 19.3. The topological polar surface area (TPSA) is 76.0 Å². The second kappa shape index (κ2) is 7.57. The molecule has 9 heteroatoms. The van der Waals surface area contributed by atoms with Crippen LogP contribution >= 0.6 is 27.3 Å². The molecule has 0 saturated heterocycles. The van der Waals surface area contributed by atoms with Crippen molar-refractivity contribution in [2.75, 3.05) is 18.4 Å². The van der Waals surface area contributed by atoms with Gasteiger partial charge in [0, 0.05) is 42.7 Å². The fourth-order valence-corrected chi connectivity index (χ4v) is 5.37. The highest BCUT2D eigenvalue weighted by Crippen LogP contribution is 2.34. The van der Waals surface area contributed by atoms with Crippen molar-refractivity contribution in [2.45, 2.75) is 13.0 Å². The Kier molecular flexibility index (Phi) is 4.88. The van der Waals surface area contributed by atoms with Gasteiger partial charge in [-0.2, -0.15) is 0 Å². The minimum Gasteiger partial charge on any atom is -0.343 e. The highest BCUT2D eigenvalue weighted by molar-refractivity contribution is 9.10. The maximum absolute atomic E-state index is 13.8. The predicted molar refractivity (Wildman–Crippen MR) is 119 cm³/mol. The molecule has 2 aromatic carbocycles. The number of Topliss-reactive ketones (excluding diaryl/α,β-unsaturated/α-hetero) is 1. The number of para-hydroxylation sites is 1. The number of aromatic nitrogens is 2. The number of nitrogens with one attached hydrogen (secondary N) is 2. The van der Waals surface area contributed by atoms with Crippen molar-refractivity contribution >= 4 is 65.2 Å². The summed E-state index contributed by atoms with van der Waals surface area (Å²) in [6.45, 7) is 2.29. The van der Waals surface area contributed by atoms with E-state index in [1.807, 2.05) is 24.3 Å². The Balaban J connectivity index is 1.52. The van der Waals surface area contributed by atoms with Gasteiger partial charge < -0.3 is 9.88 Å². The third-order valence-corrected chi connectivity index (χ3v) is 7.27. The van der Waals surface area contributed by atoms with E-state index < -0.39 is 17.5 Å². The normalized spacial score (nSPS) is 13.9. The molecular formula is C21H16BrFN4O2S. The fourth-order valence-electron chi connectivity index (χ4n) is 3.90. The summed E-state index contributed by atoms with van der Waals surface area (Å²) in [5.74, 6) is -1.75. The van der Waals surface area contributed by atoms with Crippen LogP contribution in [-0.2, 0) is 17.8 Å². The number of thiazole rings is 1. The fraction of sp³-hybridized carbons (Fsp3) is 0.190. The largest absolute Gasteiger partial charge is 0.343 e. The van der Waals surface area contributed by atoms with E-state index >= 15 is 0 Å². The number of ketones is 1. The second-order valence-electron chi connectivity index (χ2n) is 7.00. The number of hydrogen-bond donors (Lipinski definition) is 2. The van der Waals surface area contributed by atoms with E-state index in [1.54, 1.807) is 0 Å². The maximum atomic E-state index is 13.8. The van der Waals surface area contributed by atoms with Gasteiger partial charge >= 0.3 is 0 Å². The lowest BCUT2D eigenvalue weighted by molar-refractivity contribution is -0.112. The Morgan fingerprint density at radius 3 is 2.90 bits per heavy atom. The minimum absolute atomic E-state index is 0.255. The molecule has 0 spiro atoms. The summed E-state index contributed by atoms with van der Waals surface area (Å²) >= 11 is 4.32. The van der Waals surface area contributed by atoms with E-state index in [1.165, 1.54) is 12.1 Å². The van der Waals surface area contributed by atoms with Crippen molar-refractivity contribution in [1.29, 1.82) is 0 Å². The van der Waals surface area contributed by atoms with Gasteiger partial charge in [0.15, 0.2) is 5.13 Å². The average Bonchev–Trinajstić information content (AvgIpc) is 3.19. The lowest BCUT2D eigenvalue weighted by atomic mass is 10.0. The van der Waals surface area contributed by atoms with Gasteiger partial charge in [-0.25, -0.2) is 9.37 Å². The summed E-state index contributed by atoms with van der Waals surface area (Å²) in [7, 11) is 0. The quantitative estimate of drug-likeness (QED) is 0.337. The molecule has 0 bridgehead atoms. The number of amides is 1. The zero-order valence-corrected chi connectivity index (χ0v) is 18.1. The Hall–Kier alpha value is -2.62. The molecule has 0 radical (unpaired) electrons. The summed E-state index contributed by atoms with van der Waals surface area (Å²) < 4.78 is 16.7. The van der Waals surface area contributed by atoms with Crippen molar-refractivity contribution in [2.24, 2.45) is 0 Å². The summed E-state index contributed by atoms with van der Waals surface area (Å²) in [6, 6.07) is 10.5. The summed E-state index contributed by atoms with van der Waals surface area (Å²) in [5, 5.41) is 6.97. The third-order valence-electron chi connectivity index (χ3n) is 5.23. The number of carbonyl (C=O) groups is 2. The monoisotopic (exact) mass is 486 g/mol. The smallest absolute Gasteiger partial charge is 0.298 e. The SMILES string of the molecule is O=C(Nc1nc2ccc(F)c(Br)c2s1)C(=O)c1c2n(c3ccccc13)CCNCC2. The van der Waals surface area contributed by atoms with Crippen molar-refractivity contribution in [3.8, 4) is 0 Å². The highest BCUT2D eigenvalue weighted by atomic mass is 79.9. The molecule has 4 aromatic rings. The molecule has 30 heavy (non-hydrogen) atoms. The zero-order chi connectivity index (χ0) is 20.8. The predicted octanol–water partition coefficient (Wildman–Crippen LogP) is 4.12. The molecule has 3 heterocycles. The number of nitrogens with zero attached hydrogens (tertiary/aromatic N) is 2. The maximum Gasteiger partial charge on any atom is 0.298 e. The Morgan fingerprint density at radius 2 is 2.03 bits per heavy atom. The summed E-state index contributed by atoms with van der Waals surface area (Å²) in [4.78, 5) is 30.4. The van der Waals surface area contributed by atoms with Crippen molar-refractivity contribution < 1.29 is 14.0 Å². The van der Waals surface area contributed by atoms with E-state index in [4.69, 9.17) is 0 Å². The van der Waals surface area contributed by atoms with Crippen molar-refractivity contribution in [3.63, 3.8) is 0 Å². The van der Waals surface area contributed by atoms with Gasteiger partial charge in [-0.15, -0.1) is 0 Å². The zero-order valence-electron chi connectivity index (χ0n) is 15.7. The van der Waals surface area contributed by atoms with Crippen LogP contribution in [0.15, 0.2) is 40.9 Å². The molecule has 0 aliphatic carbocycles. The van der Waals surface area contributed by atoms with Crippen LogP contribution in [0.3, 0.4) is 0 Å². The molecule has 5 rings (SSSR count). The number of fused-ring (bicyclic) bond motifs is 4. The van der Waals surface area contributed by atoms with E-state index in [0.717, 1.165) is 47.6 Å². The highest BCUT2D eigenvalue weighted by Gasteiger charge is 2.28. The van der Waals surface area contributed by atoms with Gasteiger partial charge in [0.25, 0.3) is 11.7 Å². The lowest BCUT2D eigenvalue weighted by Crippen LogP contribution is -2.24. The van der Waals surface area contributed by atoms with Crippen LogP contribution in [0.4, 0.5) is 9.52 Å². The molecule has 1 aliphatic heterocycles. The number of hydrogen-bond acceptors (Lipinski definition) is 5.